The van der Waals surface area contributed by atoms with Crippen LogP contribution in [0.2, 0.25) is 5.02 Å². The number of carbonyl (C=O) groups is 1. The lowest BCUT2D eigenvalue weighted by atomic mass is 10.0. The van der Waals surface area contributed by atoms with Gasteiger partial charge in [0.15, 0.2) is 5.78 Å². The number of pyridine rings is 1. The Labute approximate surface area is 184 Å². The van der Waals surface area contributed by atoms with Gasteiger partial charge in [0, 0.05) is 35.8 Å². The van der Waals surface area contributed by atoms with Crippen LogP contribution in [0.25, 0.3) is 0 Å². The van der Waals surface area contributed by atoms with Crippen molar-refractivity contribution >= 4 is 28.9 Å². The number of nitrogens with one attached hydrogen (secondary N) is 1. The zero-order chi connectivity index (χ0) is 22.5. The molecule has 0 aliphatic carbocycles. The number of anilines is 2. The molecule has 2 heterocycles. The molecule has 0 spiro atoms. The van der Waals surface area contributed by atoms with E-state index in [0.717, 1.165) is 0 Å². The normalized spacial score (nSPS) is 17.0. The van der Waals surface area contributed by atoms with Crippen LogP contribution in [-0.2, 0) is 4.74 Å². The molecule has 0 radical (unpaired) electrons. The van der Waals surface area contributed by atoms with Gasteiger partial charge in [-0.15, -0.1) is 0 Å². The number of rotatable bonds is 8. The van der Waals surface area contributed by atoms with Crippen molar-refractivity contribution < 1.29 is 14.5 Å². The van der Waals surface area contributed by atoms with E-state index in [1.807, 2.05) is 4.90 Å². The van der Waals surface area contributed by atoms with Crippen LogP contribution in [0.4, 0.5) is 11.5 Å². The summed E-state index contributed by atoms with van der Waals surface area (Å²) >= 11 is 6.20. The molecule has 166 valence electrons. The van der Waals surface area contributed by atoms with E-state index in [-0.39, 0.29) is 11.3 Å². The van der Waals surface area contributed by atoms with E-state index in [1.165, 1.54) is 13.1 Å². The van der Waals surface area contributed by atoms with Gasteiger partial charge in [-0.05, 0) is 19.1 Å². The standard InChI is InChI=1S/C20H25ClN6O4/c1-12(22)18(27(29)30)20(23)25-16-10-17(26-6-8-31-9-7-26)24-11-14(16)19(28)13-4-2-3-5-15(13)21/h2-5,10-12,18,20H,6-9,22-23H2,1H3,(H,24,25). The van der Waals surface area contributed by atoms with Crippen molar-refractivity contribution in [1.82, 2.24) is 4.98 Å². The third kappa shape index (κ3) is 5.28. The molecule has 0 bridgehead atoms. The van der Waals surface area contributed by atoms with Gasteiger partial charge < -0.3 is 26.4 Å². The van der Waals surface area contributed by atoms with E-state index >= 15 is 0 Å². The number of hydrogen-bond acceptors (Lipinski definition) is 9. The Morgan fingerprint density at radius 1 is 1.29 bits per heavy atom. The second-order valence-corrected chi connectivity index (χ2v) is 7.71. The van der Waals surface area contributed by atoms with Gasteiger partial charge in [-0.25, -0.2) is 4.98 Å². The monoisotopic (exact) mass is 448 g/mol. The highest BCUT2D eigenvalue weighted by molar-refractivity contribution is 6.35. The van der Waals surface area contributed by atoms with Crippen molar-refractivity contribution in [3.8, 4) is 0 Å². The highest BCUT2D eigenvalue weighted by Gasteiger charge is 2.33. The molecular weight excluding hydrogens is 424 g/mol. The van der Waals surface area contributed by atoms with E-state index in [0.29, 0.717) is 48.4 Å². The molecule has 10 nitrogen and oxygen atoms in total. The third-order valence-corrected chi connectivity index (χ3v) is 5.39. The highest BCUT2D eigenvalue weighted by Crippen LogP contribution is 2.27. The highest BCUT2D eigenvalue weighted by atomic mass is 35.5. The number of aromatic nitrogens is 1. The molecule has 0 amide bonds. The minimum atomic E-state index is -1.26. The van der Waals surface area contributed by atoms with Crippen LogP contribution < -0.4 is 21.7 Å². The molecule has 1 fully saturated rings. The van der Waals surface area contributed by atoms with E-state index in [2.05, 4.69) is 10.3 Å². The van der Waals surface area contributed by atoms with Gasteiger partial charge in [0.1, 0.15) is 12.0 Å². The number of hydrogen-bond donors (Lipinski definition) is 3. The van der Waals surface area contributed by atoms with Crippen molar-refractivity contribution in [3.05, 3.63) is 62.8 Å². The van der Waals surface area contributed by atoms with Gasteiger partial charge in [-0.2, -0.15) is 0 Å². The lowest BCUT2D eigenvalue weighted by Gasteiger charge is -2.29. The number of ketones is 1. The second-order valence-electron chi connectivity index (χ2n) is 7.30. The predicted octanol–water partition coefficient (Wildman–Crippen LogP) is 1.49. The summed E-state index contributed by atoms with van der Waals surface area (Å²) in [6.45, 7) is 3.88. The number of carbonyl (C=O) groups excluding carboxylic acids is 1. The zero-order valence-corrected chi connectivity index (χ0v) is 17.8. The Hall–Kier alpha value is -2.79. The molecule has 0 saturated carbocycles. The molecule has 1 aliphatic heterocycles. The molecule has 1 aromatic carbocycles. The average molecular weight is 449 g/mol. The lowest BCUT2D eigenvalue weighted by molar-refractivity contribution is -0.527. The smallest absolute Gasteiger partial charge is 0.260 e. The molecule has 5 N–H and O–H groups in total. The van der Waals surface area contributed by atoms with Gasteiger partial charge in [0.2, 0.25) is 0 Å². The summed E-state index contributed by atoms with van der Waals surface area (Å²) in [5.74, 6) is 0.229. The first-order valence-electron chi connectivity index (χ1n) is 9.82. The van der Waals surface area contributed by atoms with E-state index < -0.39 is 23.2 Å². The number of nitrogens with two attached hydrogens (primary N) is 2. The molecule has 1 aromatic heterocycles. The Morgan fingerprint density at radius 3 is 2.58 bits per heavy atom. The van der Waals surface area contributed by atoms with Crippen LogP contribution in [0.5, 0.6) is 0 Å². The van der Waals surface area contributed by atoms with E-state index in [1.54, 1.807) is 30.3 Å². The fourth-order valence-corrected chi connectivity index (χ4v) is 3.64. The summed E-state index contributed by atoms with van der Waals surface area (Å²) in [4.78, 5) is 30.6. The van der Waals surface area contributed by atoms with Gasteiger partial charge >= 0.3 is 0 Å². The van der Waals surface area contributed by atoms with Gasteiger partial charge in [0.25, 0.3) is 6.04 Å². The van der Waals surface area contributed by atoms with Gasteiger partial charge in [0.05, 0.1) is 35.5 Å². The maximum absolute atomic E-state index is 13.2. The second kappa shape index (κ2) is 10.0. The van der Waals surface area contributed by atoms with Crippen LogP contribution >= 0.6 is 11.6 Å². The first-order chi connectivity index (χ1) is 14.8. The van der Waals surface area contributed by atoms with Crippen LogP contribution in [0, 0.1) is 10.1 Å². The Morgan fingerprint density at radius 2 is 1.97 bits per heavy atom. The summed E-state index contributed by atoms with van der Waals surface area (Å²) in [5, 5.41) is 14.7. The Kier molecular flexibility index (Phi) is 7.39. The molecule has 2 aromatic rings. The summed E-state index contributed by atoms with van der Waals surface area (Å²) in [7, 11) is 0. The molecule has 3 unspecified atom stereocenters. The Balaban J connectivity index is 2.00. The first kappa shape index (κ1) is 22.9. The maximum atomic E-state index is 13.2. The topological polar surface area (TPSA) is 150 Å². The SMILES string of the molecule is CC(N)C(C(N)Nc1cc(N2CCOCC2)ncc1C(=O)c1ccccc1Cl)[N+](=O)[O-]. The number of morpholine rings is 1. The molecule has 31 heavy (non-hydrogen) atoms. The molecule has 3 rings (SSSR count). The minimum absolute atomic E-state index is 0.201. The van der Waals surface area contributed by atoms with Crippen LogP contribution in [0.3, 0.4) is 0 Å². The fourth-order valence-electron chi connectivity index (χ4n) is 3.42. The van der Waals surface area contributed by atoms with Crippen molar-refractivity contribution in [2.75, 3.05) is 36.5 Å². The molecule has 1 saturated heterocycles. The summed E-state index contributed by atoms with van der Waals surface area (Å²) in [5.41, 5.74) is 12.7. The van der Waals surface area contributed by atoms with Crippen molar-refractivity contribution in [3.63, 3.8) is 0 Å². The van der Waals surface area contributed by atoms with Crippen LogP contribution in [0.1, 0.15) is 22.8 Å². The van der Waals surface area contributed by atoms with Crippen LogP contribution in [0.15, 0.2) is 36.5 Å². The summed E-state index contributed by atoms with van der Waals surface area (Å²) in [6, 6.07) is 6.23. The lowest BCUT2D eigenvalue weighted by Crippen LogP contribution is -2.54. The third-order valence-electron chi connectivity index (χ3n) is 5.06. The number of ether oxygens (including phenoxy) is 1. The number of nitro groups is 1. The number of nitrogens with zero attached hydrogens (tertiary/aromatic N) is 3. The van der Waals surface area contributed by atoms with Crippen molar-refractivity contribution in [2.45, 2.75) is 25.2 Å². The maximum Gasteiger partial charge on any atom is 0.260 e. The molecule has 1 aliphatic rings. The Bertz CT molecular complexity index is 951. The average Bonchev–Trinajstić information content (AvgIpc) is 2.73. The fraction of sp³-hybridized carbons (Fsp3) is 0.400. The summed E-state index contributed by atoms with van der Waals surface area (Å²) in [6.07, 6.45) is 0.297. The van der Waals surface area contributed by atoms with E-state index in [9.17, 15) is 14.9 Å². The predicted molar refractivity (Wildman–Crippen MR) is 118 cm³/mol. The van der Waals surface area contributed by atoms with Crippen LogP contribution in [-0.4, -0.2) is 60.2 Å². The van der Waals surface area contributed by atoms with Gasteiger partial charge in [-0.1, -0.05) is 23.7 Å². The van der Waals surface area contributed by atoms with Gasteiger partial charge in [-0.3, -0.25) is 14.9 Å². The largest absolute Gasteiger partial charge is 0.378 e. The molecule has 11 heteroatoms. The van der Waals surface area contributed by atoms with Crippen molar-refractivity contribution in [1.29, 1.82) is 0 Å². The first-order valence-corrected chi connectivity index (χ1v) is 10.2. The quantitative estimate of drug-likeness (QED) is 0.236. The molecule has 3 atom stereocenters. The number of halogens is 1. The molecular formula is C20H25ClN6O4. The summed E-state index contributed by atoms with van der Waals surface area (Å²) < 4.78 is 5.37. The minimum Gasteiger partial charge on any atom is -0.378 e. The van der Waals surface area contributed by atoms with Crippen molar-refractivity contribution in [2.24, 2.45) is 11.5 Å². The van der Waals surface area contributed by atoms with E-state index in [4.69, 9.17) is 27.8 Å². The zero-order valence-electron chi connectivity index (χ0n) is 17.0. The number of benzene rings is 1.